The summed E-state index contributed by atoms with van der Waals surface area (Å²) in [6, 6.07) is 6.26. The maximum absolute atomic E-state index is 6.13. The van der Waals surface area contributed by atoms with Gasteiger partial charge in [0.2, 0.25) is 5.79 Å². The van der Waals surface area contributed by atoms with Crippen molar-refractivity contribution < 1.29 is 18.3 Å². The second-order valence-corrected chi connectivity index (χ2v) is 8.09. The fraction of sp³-hybridized carbons (Fsp3) is 0.667. The Labute approximate surface area is 141 Å². The van der Waals surface area contributed by atoms with Crippen LogP contribution >= 0.6 is 0 Å². The van der Waals surface area contributed by atoms with Crippen LogP contribution in [0.15, 0.2) is 18.2 Å². The molecule has 1 aliphatic heterocycles. The molecule has 0 amide bonds. The van der Waals surface area contributed by atoms with Crippen LogP contribution in [0.25, 0.3) is 0 Å². The summed E-state index contributed by atoms with van der Waals surface area (Å²) in [5.41, 5.74) is 1.09. The van der Waals surface area contributed by atoms with E-state index in [9.17, 15) is 0 Å². The van der Waals surface area contributed by atoms with Gasteiger partial charge in [-0.1, -0.05) is 25.8 Å². The van der Waals surface area contributed by atoms with Gasteiger partial charge >= 0.3 is 9.28 Å². The topological polar surface area (TPSA) is 36.9 Å². The molecule has 1 aromatic rings. The molecule has 1 heterocycles. The molecule has 0 aromatic heterocycles. The van der Waals surface area contributed by atoms with E-state index in [1.807, 2.05) is 26.8 Å². The van der Waals surface area contributed by atoms with Crippen molar-refractivity contribution in [3.8, 4) is 5.75 Å². The number of hydrogen-bond donors (Lipinski definition) is 0. The highest BCUT2D eigenvalue weighted by atomic mass is 28.3. The summed E-state index contributed by atoms with van der Waals surface area (Å²) in [7, 11) is -1.81. The van der Waals surface area contributed by atoms with E-state index in [0.29, 0.717) is 19.8 Å². The van der Waals surface area contributed by atoms with Gasteiger partial charge in [-0.05, 0) is 37.6 Å². The van der Waals surface area contributed by atoms with Crippen LogP contribution in [0.3, 0.4) is 0 Å². The van der Waals surface area contributed by atoms with E-state index in [1.165, 1.54) is 12.8 Å². The molecule has 1 atom stereocenters. The lowest BCUT2D eigenvalue weighted by atomic mass is 10.1. The van der Waals surface area contributed by atoms with Crippen LogP contribution in [0.5, 0.6) is 5.75 Å². The van der Waals surface area contributed by atoms with Gasteiger partial charge in [-0.25, -0.2) is 0 Å². The largest absolute Gasteiger partial charge is 0.462 e. The van der Waals surface area contributed by atoms with Crippen molar-refractivity contribution in [1.29, 1.82) is 0 Å². The molecular formula is C18H30O4Si. The summed E-state index contributed by atoms with van der Waals surface area (Å²) in [4.78, 5) is 0. The summed E-state index contributed by atoms with van der Waals surface area (Å²) in [6.45, 7) is 10.2. The lowest BCUT2D eigenvalue weighted by molar-refractivity contribution is -0.198. The number of unbranched alkanes of at least 4 members (excludes halogenated alkanes) is 2. The average molecular weight is 339 g/mol. The fourth-order valence-electron chi connectivity index (χ4n) is 2.81. The first-order valence-corrected chi connectivity index (χ1v) is 10.3. The molecule has 1 unspecified atom stereocenters. The molecule has 2 rings (SSSR count). The molecule has 0 spiro atoms. The Morgan fingerprint density at radius 1 is 1.13 bits per heavy atom. The SMILES string of the molecule is CCCCCC1(C)OCc2cc([SiH](OCC)OCC)ccc2O1. The van der Waals surface area contributed by atoms with E-state index in [0.717, 1.165) is 29.3 Å². The van der Waals surface area contributed by atoms with E-state index in [-0.39, 0.29) is 0 Å². The predicted molar refractivity (Wildman–Crippen MR) is 94.4 cm³/mol. The molecule has 1 aromatic carbocycles. The summed E-state index contributed by atoms with van der Waals surface area (Å²) >= 11 is 0. The third-order valence-electron chi connectivity index (χ3n) is 4.09. The number of fused-ring (bicyclic) bond motifs is 1. The van der Waals surface area contributed by atoms with Crippen molar-refractivity contribution in [2.45, 2.75) is 65.8 Å². The van der Waals surface area contributed by atoms with Crippen molar-refractivity contribution in [2.75, 3.05) is 13.2 Å². The van der Waals surface area contributed by atoms with Gasteiger partial charge in [0.05, 0.1) is 6.61 Å². The Morgan fingerprint density at radius 2 is 1.87 bits per heavy atom. The first kappa shape index (κ1) is 18.5. The van der Waals surface area contributed by atoms with Crippen molar-refractivity contribution in [1.82, 2.24) is 0 Å². The molecule has 23 heavy (non-hydrogen) atoms. The minimum atomic E-state index is -1.81. The Bertz CT molecular complexity index is 488. The lowest BCUT2D eigenvalue weighted by Crippen LogP contribution is -2.41. The van der Waals surface area contributed by atoms with Crippen molar-refractivity contribution in [3.63, 3.8) is 0 Å². The summed E-state index contributed by atoms with van der Waals surface area (Å²) in [5.74, 6) is 0.431. The van der Waals surface area contributed by atoms with Gasteiger partial charge in [0, 0.05) is 32.1 Å². The van der Waals surface area contributed by atoms with E-state index in [1.54, 1.807) is 0 Å². The Kier molecular flexibility index (Phi) is 7.08. The van der Waals surface area contributed by atoms with E-state index in [4.69, 9.17) is 18.3 Å². The maximum atomic E-state index is 6.13. The molecule has 0 fully saturated rings. The average Bonchev–Trinajstić information content (AvgIpc) is 2.54. The molecular weight excluding hydrogens is 308 g/mol. The smallest absolute Gasteiger partial charge is 0.355 e. The van der Waals surface area contributed by atoms with Crippen molar-refractivity contribution >= 4 is 14.5 Å². The zero-order chi connectivity index (χ0) is 16.7. The van der Waals surface area contributed by atoms with E-state index < -0.39 is 15.1 Å². The predicted octanol–water partition coefficient (Wildman–Crippen LogP) is 3.39. The van der Waals surface area contributed by atoms with Crippen LogP contribution < -0.4 is 9.92 Å². The van der Waals surface area contributed by atoms with Crippen LogP contribution in [-0.4, -0.2) is 28.3 Å². The molecule has 1 aliphatic rings. The quantitative estimate of drug-likeness (QED) is 0.511. The standard InChI is InChI=1S/C18H30O4Si/c1-5-8-9-12-18(4)19-14-15-13-16(10-11-17(15)22-18)23(20-6-2)21-7-3/h10-11,13,23H,5-9,12,14H2,1-4H3. The molecule has 4 nitrogen and oxygen atoms in total. The second kappa shape index (κ2) is 8.83. The number of benzene rings is 1. The zero-order valence-corrected chi connectivity index (χ0v) is 16.0. The second-order valence-electron chi connectivity index (χ2n) is 6.09. The van der Waals surface area contributed by atoms with Gasteiger partial charge in [-0.15, -0.1) is 0 Å². The molecule has 0 bridgehead atoms. The van der Waals surface area contributed by atoms with Crippen LogP contribution in [0.4, 0.5) is 0 Å². The summed E-state index contributed by atoms with van der Waals surface area (Å²) in [5, 5.41) is 1.15. The molecule has 0 radical (unpaired) electrons. The Hall–Kier alpha value is -0.883. The molecule has 0 saturated carbocycles. The van der Waals surface area contributed by atoms with Crippen molar-refractivity contribution in [3.05, 3.63) is 23.8 Å². The summed E-state index contributed by atoms with van der Waals surface area (Å²) in [6.07, 6.45) is 4.47. The van der Waals surface area contributed by atoms with E-state index >= 15 is 0 Å². The van der Waals surface area contributed by atoms with Gasteiger partial charge < -0.3 is 18.3 Å². The van der Waals surface area contributed by atoms with Crippen LogP contribution in [0.2, 0.25) is 0 Å². The maximum Gasteiger partial charge on any atom is 0.355 e. The van der Waals surface area contributed by atoms with Gasteiger partial charge in [-0.2, -0.15) is 0 Å². The Morgan fingerprint density at radius 3 is 2.52 bits per heavy atom. The van der Waals surface area contributed by atoms with E-state index in [2.05, 4.69) is 19.1 Å². The first-order chi connectivity index (χ1) is 11.1. The highest BCUT2D eigenvalue weighted by Gasteiger charge is 2.32. The minimum absolute atomic E-state index is 0.500. The van der Waals surface area contributed by atoms with Crippen LogP contribution in [0, 0.1) is 0 Å². The third kappa shape index (κ3) is 5.04. The van der Waals surface area contributed by atoms with Crippen LogP contribution in [-0.2, 0) is 20.2 Å². The number of rotatable bonds is 9. The number of hydrogen-bond acceptors (Lipinski definition) is 4. The molecule has 0 saturated heterocycles. The fourth-order valence-corrected chi connectivity index (χ4v) is 4.49. The molecule has 5 heteroatoms. The van der Waals surface area contributed by atoms with Gasteiger partial charge in [0.1, 0.15) is 5.75 Å². The molecule has 0 aliphatic carbocycles. The summed E-state index contributed by atoms with van der Waals surface area (Å²) < 4.78 is 23.7. The highest BCUT2D eigenvalue weighted by molar-refractivity contribution is 6.61. The first-order valence-electron chi connectivity index (χ1n) is 8.80. The highest BCUT2D eigenvalue weighted by Crippen LogP contribution is 2.33. The van der Waals surface area contributed by atoms with Gasteiger partial charge in [0.25, 0.3) is 0 Å². The molecule has 130 valence electrons. The van der Waals surface area contributed by atoms with Crippen molar-refractivity contribution in [2.24, 2.45) is 0 Å². The monoisotopic (exact) mass is 338 g/mol. The minimum Gasteiger partial charge on any atom is -0.462 e. The Balaban J connectivity index is 2.08. The molecule has 0 N–H and O–H groups in total. The third-order valence-corrected chi connectivity index (χ3v) is 6.26. The zero-order valence-electron chi connectivity index (χ0n) is 14.9. The van der Waals surface area contributed by atoms with Gasteiger partial charge in [-0.3, -0.25) is 0 Å². The normalized spacial score (nSPS) is 20.4. The lowest BCUT2D eigenvalue weighted by Gasteiger charge is -2.36. The number of ether oxygens (including phenoxy) is 2. The van der Waals surface area contributed by atoms with Crippen LogP contribution in [0.1, 0.15) is 58.9 Å². The van der Waals surface area contributed by atoms with Gasteiger partial charge in [0.15, 0.2) is 0 Å².